The minimum atomic E-state index is -1.06. The lowest BCUT2D eigenvalue weighted by atomic mass is 10.0. The standard InChI is InChI=1S/C17H14FN3OS/c1-23(22)12-8-6-11(7-9-12)16-14(10-20-17(19)21-16)13-4-2-3-5-15(13)18/h2-10H,1H3,(H2,19,20,21). The van der Waals surface area contributed by atoms with Crippen molar-refractivity contribution in [2.45, 2.75) is 4.90 Å². The molecule has 0 saturated carbocycles. The van der Waals surface area contributed by atoms with E-state index in [1.807, 2.05) is 0 Å². The van der Waals surface area contributed by atoms with Gasteiger partial charge >= 0.3 is 0 Å². The van der Waals surface area contributed by atoms with E-state index in [9.17, 15) is 8.60 Å². The summed E-state index contributed by atoms with van der Waals surface area (Å²) in [5.74, 6) is -0.239. The number of halogens is 1. The Hall–Kier alpha value is -2.60. The van der Waals surface area contributed by atoms with Crippen molar-refractivity contribution in [1.82, 2.24) is 9.97 Å². The lowest BCUT2D eigenvalue weighted by Gasteiger charge is -2.10. The molecular formula is C17H14FN3OS. The summed E-state index contributed by atoms with van der Waals surface area (Å²) in [5, 5.41) is 0. The van der Waals surface area contributed by atoms with Crippen LogP contribution in [-0.2, 0) is 10.8 Å². The van der Waals surface area contributed by atoms with Gasteiger partial charge in [-0.05, 0) is 18.2 Å². The Morgan fingerprint density at radius 2 is 1.74 bits per heavy atom. The van der Waals surface area contributed by atoms with E-state index in [-0.39, 0.29) is 11.8 Å². The van der Waals surface area contributed by atoms with E-state index in [0.717, 1.165) is 5.56 Å². The summed E-state index contributed by atoms with van der Waals surface area (Å²) in [7, 11) is -1.06. The molecule has 6 heteroatoms. The van der Waals surface area contributed by atoms with Crippen molar-refractivity contribution in [1.29, 1.82) is 0 Å². The van der Waals surface area contributed by atoms with Crippen LogP contribution in [0.15, 0.2) is 59.6 Å². The molecule has 23 heavy (non-hydrogen) atoms. The Labute approximate surface area is 135 Å². The van der Waals surface area contributed by atoms with Gasteiger partial charge in [0.05, 0.1) is 5.69 Å². The van der Waals surface area contributed by atoms with Crippen LogP contribution in [0.4, 0.5) is 10.3 Å². The van der Waals surface area contributed by atoms with Gasteiger partial charge in [0.1, 0.15) is 5.82 Å². The molecule has 3 aromatic rings. The molecule has 0 aliphatic heterocycles. The summed E-state index contributed by atoms with van der Waals surface area (Å²) in [6.45, 7) is 0. The van der Waals surface area contributed by atoms with Gasteiger partial charge in [0.2, 0.25) is 5.95 Å². The third kappa shape index (κ3) is 3.12. The topological polar surface area (TPSA) is 68.9 Å². The van der Waals surface area contributed by atoms with E-state index in [4.69, 9.17) is 5.73 Å². The number of benzene rings is 2. The second kappa shape index (κ2) is 6.26. The van der Waals surface area contributed by atoms with Crippen LogP contribution in [0.2, 0.25) is 0 Å². The van der Waals surface area contributed by atoms with Crippen molar-refractivity contribution in [3.8, 4) is 22.4 Å². The van der Waals surface area contributed by atoms with E-state index in [0.29, 0.717) is 21.7 Å². The summed E-state index contributed by atoms with van der Waals surface area (Å²) in [4.78, 5) is 8.95. The summed E-state index contributed by atoms with van der Waals surface area (Å²) in [6.07, 6.45) is 3.13. The van der Waals surface area contributed by atoms with Crippen molar-refractivity contribution in [3.05, 3.63) is 60.5 Å². The highest BCUT2D eigenvalue weighted by molar-refractivity contribution is 7.84. The number of nitrogens with two attached hydrogens (primary N) is 1. The van der Waals surface area contributed by atoms with E-state index in [1.54, 1.807) is 48.7 Å². The Bertz CT molecular complexity index is 881. The maximum Gasteiger partial charge on any atom is 0.220 e. The number of hydrogen-bond donors (Lipinski definition) is 1. The average Bonchev–Trinajstić information content (AvgIpc) is 2.56. The second-order valence-corrected chi connectivity index (χ2v) is 6.33. The Morgan fingerprint density at radius 3 is 2.39 bits per heavy atom. The van der Waals surface area contributed by atoms with Crippen LogP contribution >= 0.6 is 0 Å². The maximum absolute atomic E-state index is 14.1. The van der Waals surface area contributed by atoms with Crippen molar-refractivity contribution in [3.63, 3.8) is 0 Å². The first-order chi connectivity index (χ1) is 11.1. The maximum atomic E-state index is 14.1. The summed E-state index contributed by atoms with van der Waals surface area (Å²) in [6, 6.07) is 13.5. The monoisotopic (exact) mass is 327 g/mol. The van der Waals surface area contributed by atoms with Gasteiger partial charge < -0.3 is 5.73 Å². The molecule has 0 radical (unpaired) electrons. The zero-order valence-electron chi connectivity index (χ0n) is 12.4. The predicted octanol–water partition coefficient (Wildman–Crippen LogP) is 3.27. The Morgan fingerprint density at radius 1 is 1.04 bits per heavy atom. The summed E-state index contributed by atoms with van der Waals surface area (Å²) in [5.41, 5.74) is 7.95. The van der Waals surface area contributed by atoms with Gasteiger partial charge in [-0.2, -0.15) is 0 Å². The molecule has 0 aliphatic rings. The molecule has 0 saturated heterocycles. The zero-order valence-corrected chi connectivity index (χ0v) is 13.2. The molecule has 1 unspecified atom stereocenters. The highest BCUT2D eigenvalue weighted by atomic mass is 32.2. The van der Waals surface area contributed by atoms with E-state index in [1.165, 1.54) is 12.3 Å². The Balaban J connectivity index is 2.17. The summed E-state index contributed by atoms with van der Waals surface area (Å²) >= 11 is 0. The number of nitrogens with zero attached hydrogens (tertiary/aromatic N) is 2. The third-order valence-corrected chi connectivity index (χ3v) is 4.37. The molecule has 116 valence electrons. The van der Waals surface area contributed by atoms with E-state index in [2.05, 4.69) is 9.97 Å². The van der Waals surface area contributed by atoms with Crippen LogP contribution in [0.3, 0.4) is 0 Å². The number of anilines is 1. The van der Waals surface area contributed by atoms with Crippen molar-refractivity contribution < 1.29 is 8.60 Å². The van der Waals surface area contributed by atoms with E-state index < -0.39 is 10.8 Å². The number of rotatable bonds is 3. The quantitative estimate of drug-likeness (QED) is 0.801. The lowest BCUT2D eigenvalue weighted by molar-refractivity contribution is 0.631. The smallest absolute Gasteiger partial charge is 0.220 e. The molecule has 0 aliphatic carbocycles. The first-order valence-electron chi connectivity index (χ1n) is 6.87. The van der Waals surface area contributed by atoms with Gasteiger partial charge in [-0.25, -0.2) is 14.4 Å². The number of hydrogen-bond acceptors (Lipinski definition) is 4. The predicted molar refractivity (Wildman–Crippen MR) is 89.6 cm³/mol. The van der Waals surface area contributed by atoms with Crippen LogP contribution in [0, 0.1) is 5.82 Å². The van der Waals surface area contributed by atoms with Gasteiger partial charge in [0, 0.05) is 44.8 Å². The van der Waals surface area contributed by atoms with Crippen molar-refractivity contribution in [2.75, 3.05) is 12.0 Å². The normalized spacial score (nSPS) is 12.1. The fourth-order valence-corrected chi connectivity index (χ4v) is 2.82. The minimum absolute atomic E-state index is 0.114. The fraction of sp³-hybridized carbons (Fsp3) is 0.0588. The van der Waals surface area contributed by atoms with Gasteiger partial charge in [-0.1, -0.05) is 30.3 Å². The van der Waals surface area contributed by atoms with Crippen LogP contribution in [0.5, 0.6) is 0 Å². The Kier molecular flexibility index (Phi) is 4.16. The lowest BCUT2D eigenvalue weighted by Crippen LogP contribution is -1.99. The third-order valence-electron chi connectivity index (χ3n) is 3.43. The van der Waals surface area contributed by atoms with Gasteiger partial charge in [0.25, 0.3) is 0 Å². The first kappa shape index (κ1) is 15.3. The summed E-state index contributed by atoms with van der Waals surface area (Å²) < 4.78 is 25.6. The molecule has 1 atom stereocenters. The molecule has 1 aromatic heterocycles. The van der Waals surface area contributed by atoms with Crippen molar-refractivity contribution >= 4 is 16.7 Å². The highest BCUT2D eigenvalue weighted by Gasteiger charge is 2.14. The van der Waals surface area contributed by atoms with Gasteiger partial charge in [-0.3, -0.25) is 4.21 Å². The van der Waals surface area contributed by atoms with Crippen LogP contribution in [-0.4, -0.2) is 20.4 Å². The minimum Gasteiger partial charge on any atom is -0.368 e. The molecule has 0 fully saturated rings. The fourth-order valence-electron chi connectivity index (χ4n) is 2.30. The molecule has 0 spiro atoms. The number of aromatic nitrogens is 2. The SMILES string of the molecule is CS(=O)c1ccc(-c2nc(N)ncc2-c2ccccc2F)cc1. The zero-order chi connectivity index (χ0) is 16.4. The molecule has 0 bridgehead atoms. The van der Waals surface area contributed by atoms with Crippen LogP contribution in [0.1, 0.15) is 0 Å². The van der Waals surface area contributed by atoms with Crippen LogP contribution in [0.25, 0.3) is 22.4 Å². The van der Waals surface area contributed by atoms with E-state index >= 15 is 0 Å². The molecule has 2 N–H and O–H groups in total. The van der Waals surface area contributed by atoms with Crippen molar-refractivity contribution in [2.24, 2.45) is 0 Å². The highest BCUT2D eigenvalue weighted by Crippen LogP contribution is 2.32. The molecule has 0 amide bonds. The second-order valence-electron chi connectivity index (χ2n) is 4.95. The molecule has 2 aromatic carbocycles. The average molecular weight is 327 g/mol. The molecule has 1 heterocycles. The van der Waals surface area contributed by atoms with Crippen LogP contribution < -0.4 is 5.73 Å². The van der Waals surface area contributed by atoms with Gasteiger partial charge in [-0.15, -0.1) is 0 Å². The largest absolute Gasteiger partial charge is 0.368 e. The van der Waals surface area contributed by atoms with Gasteiger partial charge in [0.15, 0.2) is 0 Å². The molecule has 3 rings (SSSR count). The molecule has 4 nitrogen and oxygen atoms in total. The molecular weight excluding hydrogens is 313 g/mol. The number of nitrogen functional groups attached to an aromatic ring is 1. The first-order valence-corrected chi connectivity index (χ1v) is 8.43.